The molecule has 0 aromatic carbocycles. The predicted molar refractivity (Wildman–Crippen MR) is 52.2 cm³/mol. The molecule has 0 saturated carbocycles. The molecule has 2 heteroatoms. The van der Waals surface area contributed by atoms with E-state index in [4.69, 9.17) is 0 Å². The molecule has 1 nitrogen and oxygen atoms in total. The first-order valence-electron chi connectivity index (χ1n) is 5.08. The summed E-state index contributed by atoms with van der Waals surface area (Å²) in [6, 6.07) is 0.770. The Labute approximate surface area is 80.5 Å². The van der Waals surface area contributed by atoms with Crippen molar-refractivity contribution in [3.05, 3.63) is 0 Å². The van der Waals surface area contributed by atoms with E-state index in [9.17, 15) is 0 Å². The fourth-order valence-corrected chi connectivity index (χ4v) is 1.28. The summed E-state index contributed by atoms with van der Waals surface area (Å²) in [5, 5.41) is 4.87. The van der Waals surface area contributed by atoms with Crippen LogP contribution in [0.1, 0.15) is 39.5 Å². The maximum atomic E-state index is 3.57. The molecule has 62 valence electrons. The molecule has 1 N–H and O–H groups in total. The van der Waals surface area contributed by atoms with Gasteiger partial charge in [0.2, 0.25) is 0 Å². The Hall–Kier alpha value is 0.557. The van der Waals surface area contributed by atoms with Gasteiger partial charge in [-0.1, -0.05) is 0 Å². The first kappa shape index (κ1) is 11.6. The Morgan fingerprint density at radius 3 is 2.55 bits per heavy atom. The van der Waals surface area contributed by atoms with Crippen LogP contribution in [0.5, 0.6) is 0 Å². The topological polar surface area (TPSA) is 12.0 Å². The fraction of sp³-hybridized carbons (Fsp3) is 1.00. The van der Waals surface area contributed by atoms with Crippen LogP contribution in [0.3, 0.4) is 0 Å². The Kier molecular flexibility index (Phi) is 9.09. The van der Waals surface area contributed by atoms with Gasteiger partial charge in [-0.05, 0) is 0 Å². The maximum absolute atomic E-state index is 3.57. The van der Waals surface area contributed by atoms with Gasteiger partial charge in [0.05, 0.1) is 0 Å². The summed E-state index contributed by atoms with van der Waals surface area (Å²) >= 11 is 2.24. The van der Waals surface area contributed by atoms with Crippen molar-refractivity contribution in [2.75, 3.05) is 6.54 Å². The SMILES string of the molecule is [Li][CH2]CCNC(CC)CCC. The van der Waals surface area contributed by atoms with Crippen LogP contribution in [-0.2, 0) is 0 Å². The molecule has 0 fully saturated rings. The molecule has 0 bridgehead atoms. The van der Waals surface area contributed by atoms with Gasteiger partial charge in [0.25, 0.3) is 0 Å². The minimum absolute atomic E-state index is 0.770. The summed E-state index contributed by atoms with van der Waals surface area (Å²) < 4.78 is 0. The van der Waals surface area contributed by atoms with Gasteiger partial charge in [-0.25, -0.2) is 0 Å². The molecule has 0 saturated heterocycles. The number of nitrogens with one attached hydrogen (secondary N) is 1. The number of rotatable bonds is 7. The summed E-state index contributed by atoms with van der Waals surface area (Å²) in [6.07, 6.45) is 5.23. The average Bonchev–Trinajstić information content (AvgIpc) is 2.03. The first-order chi connectivity index (χ1) is 5.35. The van der Waals surface area contributed by atoms with Crippen molar-refractivity contribution < 1.29 is 0 Å². The van der Waals surface area contributed by atoms with E-state index in [2.05, 4.69) is 36.9 Å². The fourth-order valence-electron chi connectivity index (χ4n) is 1.28. The van der Waals surface area contributed by atoms with Gasteiger partial charge >= 0.3 is 80.2 Å². The van der Waals surface area contributed by atoms with Crippen LogP contribution >= 0.6 is 0 Å². The Balaban J connectivity index is 3.20. The van der Waals surface area contributed by atoms with Gasteiger partial charge in [-0.3, -0.25) is 0 Å². The molecule has 0 amide bonds. The molecule has 1 unspecified atom stereocenters. The van der Waals surface area contributed by atoms with Crippen molar-refractivity contribution in [2.24, 2.45) is 0 Å². The number of hydrogen-bond acceptors (Lipinski definition) is 1. The average molecular weight is 149 g/mol. The predicted octanol–water partition coefficient (Wildman–Crippen LogP) is 2.13. The molecular formula is C9H20LiN. The molecule has 0 spiro atoms. The van der Waals surface area contributed by atoms with Crippen molar-refractivity contribution in [3.63, 3.8) is 0 Å². The van der Waals surface area contributed by atoms with E-state index in [1.165, 1.54) is 37.3 Å². The van der Waals surface area contributed by atoms with Crippen LogP contribution in [0.25, 0.3) is 0 Å². The van der Waals surface area contributed by atoms with Crippen molar-refractivity contribution in [3.8, 4) is 0 Å². The summed E-state index contributed by atoms with van der Waals surface area (Å²) in [4.78, 5) is 0. The standard InChI is InChI=1S/C9H20N.Li/c1-4-7-9(6-3)10-8-5-2;/h9-10H,2,4-8H2,1,3H3;. The second-order valence-electron chi connectivity index (χ2n) is 3.20. The van der Waals surface area contributed by atoms with Gasteiger partial charge in [0, 0.05) is 0 Å². The molecule has 0 aromatic heterocycles. The third-order valence-corrected chi connectivity index (χ3v) is 2.09. The summed E-state index contributed by atoms with van der Waals surface area (Å²) in [5.41, 5.74) is 0. The first-order valence-corrected chi connectivity index (χ1v) is 5.08. The van der Waals surface area contributed by atoms with E-state index in [0.29, 0.717) is 0 Å². The van der Waals surface area contributed by atoms with Crippen molar-refractivity contribution >= 4 is 17.7 Å². The van der Waals surface area contributed by atoms with E-state index in [1.54, 1.807) is 0 Å². The van der Waals surface area contributed by atoms with Crippen LogP contribution in [-0.4, -0.2) is 30.3 Å². The molecular weight excluding hydrogens is 129 g/mol. The van der Waals surface area contributed by atoms with E-state index in [-0.39, 0.29) is 0 Å². The molecule has 0 aromatic rings. The Morgan fingerprint density at radius 1 is 1.36 bits per heavy atom. The van der Waals surface area contributed by atoms with Crippen molar-refractivity contribution in [2.45, 2.75) is 50.7 Å². The van der Waals surface area contributed by atoms with E-state index >= 15 is 0 Å². The second kappa shape index (κ2) is 8.65. The van der Waals surface area contributed by atoms with E-state index in [0.717, 1.165) is 6.04 Å². The molecule has 1 atom stereocenters. The van der Waals surface area contributed by atoms with Gasteiger partial charge in [0.15, 0.2) is 0 Å². The van der Waals surface area contributed by atoms with E-state index in [1.807, 2.05) is 0 Å². The van der Waals surface area contributed by atoms with Crippen molar-refractivity contribution in [1.29, 1.82) is 0 Å². The van der Waals surface area contributed by atoms with Crippen LogP contribution in [0.2, 0.25) is 5.09 Å². The molecule has 0 aliphatic heterocycles. The van der Waals surface area contributed by atoms with E-state index < -0.39 is 0 Å². The van der Waals surface area contributed by atoms with Gasteiger partial charge < -0.3 is 0 Å². The molecule has 11 heavy (non-hydrogen) atoms. The summed E-state index contributed by atoms with van der Waals surface area (Å²) in [7, 11) is 0. The summed E-state index contributed by atoms with van der Waals surface area (Å²) in [5.74, 6) is 0. The molecule has 0 heterocycles. The molecule has 0 rings (SSSR count). The molecule has 0 aliphatic rings. The molecule has 0 aliphatic carbocycles. The third kappa shape index (κ3) is 6.94. The minimum atomic E-state index is 0.770. The number of hydrogen-bond donors (Lipinski definition) is 1. The zero-order valence-electron chi connectivity index (χ0n) is 8.32. The Morgan fingerprint density at radius 2 is 2.09 bits per heavy atom. The monoisotopic (exact) mass is 149 g/mol. The van der Waals surface area contributed by atoms with Crippen LogP contribution < -0.4 is 5.32 Å². The quantitative estimate of drug-likeness (QED) is 0.432. The van der Waals surface area contributed by atoms with Gasteiger partial charge in [0.1, 0.15) is 0 Å². The summed E-state index contributed by atoms with van der Waals surface area (Å²) in [6.45, 7) is 5.72. The normalized spacial score (nSPS) is 13.5. The van der Waals surface area contributed by atoms with Gasteiger partial charge in [-0.2, -0.15) is 0 Å². The van der Waals surface area contributed by atoms with Crippen LogP contribution in [0.4, 0.5) is 0 Å². The van der Waals surface area contributed by atoms with Crippen LogP contribution in [0, 0.1) is 0 Å². The van der Waals surface area contributed by atoms with Crippen molar-refractivity contribution in [1.82, 2.24) is 5.32 Å². The third-order valence-electron chi connectivity index (χ3n) is 2.09. The second-order valence-corrected chi connectivity index (χ2v) is 3.20. The Bertz CT molecular complexity index is 76.0. The van der Waals surface area contributed by atoms with Crippen LogP contribution in [0.15, 0.2) is 0 Å². The van der Waals surface area contributed by atoms with Gasteiger partial charge in [-0.15, -0.1) is 0 Å². The zero-order valence-corrected chi connectivity index (χ0v) is 8.32. The zero-order chi connectivity index (χ0) is 8.53. The molecule has 0 radical (unpaired) electrons.